The molecule has 1 saturated heterocycles. The number of hydrogen-bond acceptors (Lipinski definition) is 5. The molecule has 1 aliphatic rings. The summed E-state index contributed by atoms with van der Waals surface area (Å²) in [6.07, 6.45) is 0. The maximum absolute atomic E-state index is 12.4. The fraction of sp³-hybridized carbons (Fsp3) is 0.263. The molecule has 4 rings (SSSR count). The lowest BCUT2D eigenvalue weighted by Gasteiger charge is -2.34. The molecule has 128 valence electrons. The summed E-state index contributed by atoms with van der Waals surface area (Å²) in [7, 11) is 0. The first-order chi connectivity index (χ1) is 12.3. The Hall–Kier alpha value is -2.05. The van der Waals surface area contributed by atoms with E-state index in [1.807, 2.05) is 47.4 Å². The number of anilines is 1. The summed E-state index contributed by atoms with van der Waals surface area (Å²) in [5.41, 5.74) is 1.06. The van der Waals surface area contributed by atoms with Gasteiger partial charge < -0.3 is 9.80 Å². The van der Waals surface area contributed by atoms with Gasteiger partial charge in [0.25, 0.3) is 0 Å². The van der Waals surface area contributed by atoms with Crippen LogP contribution in [0.3, 0.4) is 0 Å². The number of thiazole rings is 1. The van der Waals surface area contributed by atoms with Crippen LogP contribution in [0.1, 0.15) is 0 Å². The highest BCUT2D eigenvalue weighted by Crippen LogP contribution is 2.29. The van der Waals surface area contributed by atoms with Gasteiger partial charge >= 0.3 is 0 Å². The predicted molar refractivity (Wildman–Crippen MR) is 106 cm³/mol. The minimum atomic E-state index is 0.220. The van der Waals surface area contributed by atoms with Crippen molar-refractivity contribution < 1.29 is 4.79 Å². The van der Waals surface area contributed by atoms with E-state index in [4.69, 9.17) is 4.98 Å². The predicted octanol–water partition coefficient (Wildman–Crippen LogP) is 3.74. The Morgan fingerprint density at radius 1 is 1.00 bits per heavy atom. The number of piperazine rings is 1. The van der Waals surface area contributed by atoms with Crippen LogP contribution in [0, 0.1) is 0 Å². The Balaban J connectivity index is 1.32. The number of hydrogen-bond donors (Lipinski definition) is 0. The summed E-state index contributed by atoms with van der Waals surface area (Å²) >= 11 is 3.34. The van der Waals surface area contributed by atoms with Gasteiger partial charge in [-0.1, -0.05) is 41.7 Å². The number of amides is 1. The number of para-hydroxylation sites is 1. The average molecular weight is 370 g/mol. The summed E-state index contributed by atoms with van der Waals surface area (Å²) in [6, 6.07) is 18.3. The molecule has 6 heteroatoms. The Bertz CT molecular complexity index is 824. The second-order valence-corrected chi connectivity index (χ2v) is 7.99. The molecule has 25 heavy (non-hydrogen) atoms. The van der Waals surface area contributed by atoms with Crippen molar-refractivity contribution in [3.8, 4) is 0 Å². The highest BCUT2D eigenvalue weighted by Gasteiger charge is 2.23. The Kier molecular flexibility index (Phi) is 4.90. The molecule has 1 aliphatic heterocycles. The van der Waals surface area contributed by atoms with Crippen molar-refractivity contribution in [2.75, 3.05) is 36.8 Å². The molecule has 0 saturated carbocycles. The molecule has 0 N–H and O–H groups in total. The summed E-state index contributed by atoms with van der Waals surface area (Å²) < 4.78 is 1.22. The van der Waals surface area contributed by atoms with Crippen molar-refractivity contribution in [2.45, 2.75) is 4.90 Å². The number of nitrogens with zero attached hydrogens (tertiary/aromatic N) is 3. The minimum Gasteiger partial charge on any atom is -0.345 e. The number of aromatic nitrogens is 1. The van der Waals surface area contributed by atoms with Crippen LogP contribution >= 0.6 is 23.1 Å². The van der Waals surface area contributed by atoms with Crippen molar-refractivity contribution in [2.24, 2.45) is 0 Å². The Labute approximate surface area is 155 Å². The van der Waals surface area contributed by atoms with Gasteiger partial charge in [-0.25, -0.2) is 4.98 Å². The second-order valence-electron chi connectivity index (χ2n) is 5.93. The molecule has 0 bridgehead atoms. The summed E-state index contributed by atoms with van der Waals surface area (Å²) in [4.78, 5) is 22.6. The normalized spacial score (nSPS) is 14.9. The van der Waals surface area contributed by atoms with Gasteiger partial charge in [0.1, 0.15) is 0 Å². The maximum Gasteiger partial charge on any atom is 0.233 e. The van der Waals surface area contributed by atoms with Crippen LogP contribution in [0.25, 0.3) is 10.2 Å². The first-order valence-corrected chi connectivity index (χ1v) is 10.2. The lowest BCUT2D eigenvalue weighted by molar-refractivity contribution is -0.128. The summed E-state index contributed by atoms with van der Waals surface area (Å²) in [5.74, 6) is 0.725. The van der Waals surface area contributed by atoms with E-state index < -0.39 is 0 Å². The molecule has 0 radical (unpaired) electrons. The molecule has 4 nitrogen and oxygen atoms in total. The average Bonchev–Trinajstić information content (AvgIpc) is 3.11. The molecule has 2 aromatic carbocycles. The van der Waals surface area contributed by atoms with Gasteiger partial charge in [-0.15, -0.1) is 11.8 Å². The summed E-state index contributed by atoms with van der Waals surface area (Å²) in [6.45, 7) is 3.23. The van der Waals surface area contributed by atoms with E-state index in [0.29, 0.717) is 5.75 Å². The first kappa shape index (κ1) is 16.4. The molecule has 1 amide bonds. The number of benzene rings is 2. The molecule has 0 atom stereocenters. The monoisotopic (exact) mass is 369 g/mol. The van der Waals surface area contributed by atoms with E-state index in [1.165, 1.54) is 4.70 Å². The van der Waals surface area contributed by atoms with Crippen molar-refractivity contribution in [1.29, 1.82) is 0 Å². The molecule has 1 aromatic heterocycles. The Morgan fingerprint density at radius 2 is 1.72 bits per heavy atom. The Morgan fingerprint density at radius 3 is 2.48 bits per heavy atom. The van der Waals surface area contributed by atoms with Gasteiger partial charge in [0.15, 0.2) is 5.13 Å². The lowest BCUT2D eigenvalue weighted by Crippen LogP contribution is -2.49. The van der Waals surface area contributed by atoms with E-state index in [1.54, 1.807) is 23.1 Å². The number of carbonyl (C=O) groups excluding carboxylic acids is 1. The number of thioether (sulfide) groups is 1. The fourth-order valence-electron chi connectivity index (χ4n) is 2.90. The van der Waals surface area contributed by atoms with Crippen LogP contribution in [0.5, 0.6) is 0 Å². The molecular formula is C19H19N3OS2. The quantitative estimate of drug-likeness (QED) is 0.657. The van der Waals surface area contributed by atoms with E-state index in [-0.39, 0.29) is 5.91 Å². The molecule has 0 aliphatic carbocycles. The molecule has 3 aromatic rings. The minimum absolute atomic E-state index is 0.220. The summed E-state index contributed by atoms with van der Waals surface area (Å²) in [5, 5.41) is 1.06. The molecule has 0 unspecified atom stereocenters. The number of fused-ring (bicyclic) bond motifs is 1. The van der Waals surface area contributed by atoms with Crippen LogP contribution in [-0.2, 0) is 4.79 Å². The smallest absolute Gasteiger partial charge is 0.233 e. The van der Waals surface area contributed by atoms with Crippen molar-refractivity contribution in [3.63, 3.8) is 0 Å². The lowest BCUT2D eigenvalue weighted by atomic mass is 10.3. The highest BCUT2D eigenvalue weighted by atomic mass is 32.2. The van der Waals surface area contributed by atoms with Gasteiger partial charge in [0.2, 0.25) is 5.91 Å². The first-order valence-electron chi connectivity index (χ1n) is 8.36. The fourth-order valence-corrected chi connectivity index (χ4v) is 4.74. The largest absolute Gasteiger partial charge is 0.345 e. The van der Waals surface area contributed by atoms with Crippen molar-refractivity contribution in [1.82, 2.24) is 9.88 Å². The van der Waals surface area contributed by atoms with E-state index in [9.17, 15) is 4.79 Å². The van der Waals surface area contributed by atoms with Crippen LogP contribution in [-0.4, -0.2) is 47.7 Å². The van der Waals surface area contributed by atoms with E-state index >= 15 is 0 Å². The molecule has 0 spiro atoms. The SMILES string of the molecule is O=C(CSc1ccccc1)N1CCN(c2nc3ccccc3s2)CC1. The highest BCUT2D eigenvalue weighted by molar-refractivity contribution is 8.00. The molecular weight excluding hydrogens is 350 g/mol. The number of carbonyl (C=O) groups is 1. The molecule has 2 heterocycles. The zero-order chi connectivity index (χ0) is 17.1. The van der Waals surface area contributed by atoms with E-state index in [0.717, 1.165) is 41.7 Å². The van der Waals surface area contributed by atoms with Crippen LogP contribution in [0.15, 0.2) is 59.5 Å². The van der Waals surface area contributed by atoms with Gasteiger partial charge in [-0.05, 0) is 24.3 Å². The van der Waals surface area contributed by atoms with Gasteiger partial charge in [-0.3, -0.25) is 4.79 Å². The van der Waals surface area contributed by atoms with Crippen LogP contribution < -0.4 is 4.90 Å². The zero-order valence-corrected chi connectivity index (χ0v) is 15.4. The van der Waals surface area contributed by atoms with Gasteiger partial charge in [0, 0.05) is 31.1 Å². The van der Waals surface area contributed by atoms with Crippen molar-refractivity contribution in [3.05, 3.63) is 54.6 Å². The molecule has 1 fully saturated rings. The standard InChI is InChI=1S/C19H19N3OS2/c23-18(14-24-15-6-2-1-3-7-15)21-10-12-22(13-11-21)19-20-16-8-4-5-9-17(16)25-19/h1-9H,10-14H2. The van der Waals surface area contributed by atoms with Crippen LogP contribution in [0.2, 0.25) is 0 Å². The zero-order valence-electron chi connectivity index (χ0n) is 13.8. The third-order valence-corrected chi connectivity index (χ3v) is 6.38. The number of rotatable bonds is 4. The van der Waals surface area contributed by atoms with Crippen LogP contribution in [0.4, 0.5) is 5.13 Å². The third kappa shape index (κ3) is 3.80. The van der Waals surface area contributed by atoms with Crippen molar-refractivity contribution >= 4 is 44.4 Å². The van der Waals surface area contributed by atoms with E-state index in [2.05, 4.69) is 17.0 Å². The second kappa shape index (κ2) is 7.45. The topological polar surface area (TPSA) is 36.4 Å². The third-order valence-electron chi connectivity index (χ3n) is 4.29. The van der Waals surface area contributed by atoms with Gasteiger partial charge in [0.05, 0.1) is 16.0 Å². The maximum atomic E-state index is 12.4. The van der Waals surface area contributed by atoms with Gasteiger partial charge in [-0.2, -0.15) is 0 Å².